The number of rotatable bonds is 4. The molecule has 0 radical (unpaired) electrons. The van der Waals surface area contributed by atoms with Crippen LogP contribution in [0.1, 0.15) is 37.5 Å². The Kier molecular flexibility index (Phi) is 3.14. The molecule has 2 fully saturated rings. The maximum Gasteiger partial charge on any atom is 0.0468 e. The van der Waals surface area contributed by atoms with E-state index >= 15 is 0 Å². The molecule has 2 nitrogen and oxygen atoms in total. The Morgan fingerprint density at radius 2 is 2.35 bits per heavy atom. The van der Waals surface area contributed by atoms with Crippen molar-refractivity contribution in [3.63, 3.8) is 0 Å². The largest absolute Gasteiger partial charge is 0.398 e. The number of nitrogens with one attached hydrogen (secondary N) is 1. The summed E-state index contributed by atoms with van der Waals surface area (Å²) in [5.74, 6) is 2.96. The zero-order valence-corrected chi connectivity index (χ0v) is 11.3. The summed E-state index contributed by atoms with van der Waals surface area (Å²) in [5, 5.41) is 5.76. The topological polar surface area (TPSA) is 38.0 Å². The van der Waals surface area contributed by atoms with Crippen molar-refractivity contribution < 1.29 is 0 Å². The van der Waals surface area contributed by atoms with Gasteiger partial charge in [-0.25, -0.2) is 0 Å². The number of hydrogen-bond acceptors (Lipinski definition) is 3. The van der Waals surface area contributed by atoms with Gasteiger partial charge in [-0.2, -0.15) is 0 Å². The van der Waals surface area contributed by atoms with Gasteiger partial charge in [0.25, 0.3) is 0 Å². The molecule has 1 aromatic rings. The molecule has 2 saturated carbocycles. The molecule has 2 bridgehead atoms. The molecule has 17 heavy (non-hydrogen) atoms. The summed E-state index contributed by atoms with van der Waals surface area (Å²) in [6.07, 6.45) is 5.92. The van der Waals surface area contributed by atoms with Crippen LogP contribution in [0.5, 0.6) is 0 Å². The first-order chi connectivity index (χ1) is 8.24. The third kappa shape index (κ3) is 2.23. The molecule has 2 aliphatic rings. The van der Waals surface area contributed by atoms with Crippen LogP contribution >= 0.6 is 11.3 Å². The predicted octanol–water partition coefficient (Wildman–Crippen LogP) is 3.24. The lowest BCUT2D eigenvalue weighted by Crippen LogP contribution is -2.35. The Hall–Kier alpha value is -0.540. The summed E-state index contributed by atoms with van der Waals surface area (Å²) < 4.78 is 0. The molecule has 94 valence electrons. The molecule has 3 rings (SSSR count). The van der Waals surface area contributed by atoms with Crippen LogP contribution < -0.4 is 11.1 Å². The molecule has 3 N–H and O–H groups in total. The maximum absolute atomic E-state index is 5.91. The lowest BCUT2D eigenvalue weighted by Gasteiger charge is -2.28. The second-order valence-corrected chi connectivity index (χ2v) is 6.81. The molecule has 0 aliphatic heterocycles. The van der Waals surface area contributed by atoms with Crippen molar-refractivity contribution in [3.05, 3.63) is 16.3 Å². The van der Waals surface area contributed by atoms with Gasteiger partial charge in [-0.1, -0.05) is 6.42 Å². The van der Waals surface area contributed by atoms with Gasteiger partial charge in [0.1, 0.15) is 0 Å². The van der Waals surface area contributed by atoms with Crippen LogP contribution in [-0.2, 0) is 6.54 Å². The molecule has 1 heterocycles. The molecule has 1 aromatic heterocycles. The third-order valence-corrected chi connectivity index (χ3v) is 5.74. The van der Waals surface area contributed by atoms with Crippen molar-refractivity contribution in [2.24, 2.45) is 17.8 Å². The van der Waals surface area contributed by atoms with Crippen molar-refractivity contribution >= 4 is 17.0 Å². The molecule has 2 aliphatic carbocycles. The molecule has 4 atom stereocenters. The average molecular weight is 250 g/mol. The quantitative estimate of drug-likeness (QED) is 0.861. The number of thiophene rings is 1. The lowest BCUT2D eigenvalue weighted by atomic mass is 9.84. The molecule has 3 heteroatoms. The second-order valence-electron chi connectivity index (χ2n) is 5.81. The minimum atomic E-state index is 0.645. The lowest BCUT2D eigenvalue weighted by molar-refractivity contribution is 0.260. The first-order valence-corrected chi connectivity index (χ1v) is 7.67. The summed E-state index contributed by atoms with van der Waals surface area (Å²) in [6.45, 7) is 3.30. The summed E-state index contributed by atoms with van der Waals surface area (Å²) in [7, 11) is 0. The molecular weight excluding hydrogens is 228 g/mol. The summed E-state index contributed by atoms with van der Waals surface area (Å²) in [6, 6.07) is 2.65. The van der Waals surface area contributed by atoms with Crippen LogP contribution in [0.15, 0.2) is 11.4 Å². The zero-order valence-electron chi connectivity index (χ0n) is 10.5. The van der Waals surface area contributed by atoms with E-state index in [1.165, 1.54) is 30.6 Å². The summed E-state index contributed by atoms with van der Waals surface area (Å²) >= 11 is 1.76. The Balaban J connectivity index is 1.54. The fourth-order valence-corrected chi connectivity index (χ4v) is 4.56. The first kappa shape index (κ1) is 11.5. The van der Waals surface area contributed by atoms with E-state index in [4.69, 9.17) is 5.73 Å². The highest BCUT2D eigenvalue weighted by atomic mass is 32.1. The van der Waals surface area contributed by atoms with Crippen LogP contribution in [-0.4, -0.2) is 6.04 Å². The van der Waals surface area contributed by atoms with Crippen molar-refractivity contribution in [1.29, 1.82) is 0 Å². The smallest absolute Gasteiger partial charge is 0.0468 e. The van der Waals surface area contributed by atoms with E-state index in [2.05, 4.69) is 17.6 Å². The van der Waals surface area contributed by atoms with Crippen LogP contribution in [0, 0.1) is 17.8 Å². The second kappa shape index (κ2) is 4.62. The minimum absolute atomic E-state index is 0.645. The predicted molar refractivity (Wildman–Crippen MR) is 74.0 cm³/mol. The average Bonchev–Trinajstić information content (AvgIpc) is 3.01. The fraction of sp³-hybridized carbons (Fsp3) is 0.714. The number of nitrogen functional groups attached to an aromatic ring is 1. The van der Waals surface area contributed by atoms with E-state index in [1.54, 1.807) is 11.3 Å². The van der Waals surface area contributed by atoms with Gasteiger partial charge in [0.05, 0.1) is 0 Å². The first-order valence-electron chi connectivity index (χ1n) is 6.79. The van der Waals surface area contributed by atoms with Gasteiger partial charge >= 0.3 is 0 Å². The van der Waals surface area contributed by atoms with Crippen molar-refractivity contribution in [3.8, 4) is 0 Å². The molecule has 0 aromatic carbocycles. The Labute approximate surface area is 108 Å². The van der Waals surface area contributed by atoms with E-state index in [0.29, 0.717) is 6.04 Å². The number of nitrogens with two attached hydrogens (primary N) is 1. The van der Waals surface area contributed by atoms with Crippen molar-refractivity contribution in [2.45, 2.75) is 45.2 Å². The third-order valence-electron chi connectivity index (χ3n) is 4.80. The summed E-state index contributed by atoms with van der Waals surface area (Å²) in [4.78, 5) is 1.29. The Morgan fingerprint density at radius 3 is 2.94 bits per heavy atom. The van der Waals surface area contributed by atoms with E-state index in [9.17, 15) is 0 Å². The van der Waals surface area contributed by atoms with Crippen LogP contribution in [0.3, 0.4) is 0 Å². The van der Waals surface area contributed by atoms with Crippen molar-refractivity contribution in [2.75, 3.05) is 5.73 Å². The molecule has 0 spiro atoms. The van der Waals surface area contributed by atoms with Gasteiger partial charge in [-0.05, 0) is 55.4 Å². The van der Waals surface area contributed by atoms with Gasteiger partial charge in [0.2, 0.25) is 0 Å². The van der Waals surface area contributed by atoms with Gasteiger partial charge in [0.15, 0.2) is 0 Å². The normalized spacial score (nSPS) is 33.1. The maximum atomic E-state index is 5.91. The fourth-order valence-electron chi connectivity index (χ4n) is 3.81. The van der Waals surface area contributed by atoms with Crippen molar-refractivity contribution in [1.82, 2.24) is 5.32 Å². The standard InChI is InChI=1S/C14H22N2S/c1-9(12-7-10-2-3-11(12)6-10)16-8-14-13(15)4-5-17-14/h4-5,9-12,16H,2-3,6-8,15H2,1H3. The van der Waals surface area contributed by atoms with E-state index in [1.807, 2.05) is 6.07 Å². The zero-order chi connectivity index (χ0) is 11.8. The van der Waals surface area contributed by atoms with Gasteiger partial charge in [-0.15, -0.1) is 11.3 Å². The number of hydrogen-bond donors (Lipinski definition) is 2. The van der Waals surface area contributed by atoms with E-state index in [-0.39, 0.29) is 0 Å². The van der Waals surface area contributed by atoms with Gasteiger partial charge in [-0.3, -0.25) is 0 Å². The Bertz CT molecular complexity index is 387. The molecule has 4 unspecified atom stereocenters. The highest BCUT2D eigenvalue weighted by Gasteiger charge is 2.41. The van der Waals surface area contributed by atoms with E-state index in [0.717, 1.165) is 30.0 Å². The SMILES string of the molecule is CC(NCc1sccc1N)C1CC2CCC1C2. The number of fused-ring (bicyclic) bond motifs is 2. The monoisotopic (exact) mass is 250 g/mol. The van der Waals surface area contributed by atoms with E-state index < -0.39 is 0 Å². The number of anilines is 1. The highest BCUT2D eigenvalue weighted by molar-refractivity contribution is 7.10. The molecule has 0 amide bonds. The van der Waals surface area contributed by atoms with Gasteiger partial charge < -0.3 is 11.1 Å². The summed E-state index contributed by atoms with van der Waals surface area (Å²) in [5.41, 5.74) is 6.86. The van der Waals surface area contributed by atoms with Crippen LogP contribution in [0.2, 0.25) is 0 Å². The minimum Gasteiger partial charge on any atom is -0.398 e. The highest BCUT2D eigenvalue weighted by Crippen LogP contribution is 2.49. The van der Waals surface area contributed by atoms with Gasteiger partial charge in [0, 0.05) is 23.2 Å². The van der Waals surface area contributed by atoms with Crippen LogP contribution in [0.4, 0.5) is 5.69 Å². The Morgan fingerprint density at radius 1 is 1.47 bits per heavy atom. The molecule has 0 saturated heterocycles. The molecular formula is C14H22N2S. The van der Waals surface area contributed by atoms with Crippen LogP contribution in [0.25, 0.3) is 0 Å².